The summed E-state index contributed by atoms with van der Waals surface area (Å²) >= 11 is 0. The summed E-state index contributed by atoms with van der Waals surface area (Å²) in [6.07, 6.45) is 51.7. The maximum absolute atomic E-state index is 13.1. The SMILES string of the molecule is CCCCCCCCCCC(=O)OC[C@H](COP(=O)(O)OC[C@H](O)COP(=O)(O)OC[C@@H](COC(=O)CCCCCCCCCCCCCCCC(C)C)OC(=O)CCCCCCCCCCCCCCCCCCCCC(C)C)OC(=O)CCCCCCCCC(C)C. The van der Waals surface area contributed by atoms with E-state index in [4.69, 9.17) is 37.0 Å². The molecule has 0 aliphatic carbocycles. The van der Waals surface area contributed by atoms with Crippen LogP contribution in [0.1, 0.15) is 382 Å². The largest absolute Gasteiger partial charge is 0.472 e. The Bertz CT molecular complexity index is 1840. The van der Waals surface area contributed by atoms with Gasteiger partial charge in [-0.25, -0.2) is 9.13 Å². The van der Waals surface area contributed by atoms with E-state index in [2.05, 4.69) is 48.5 Å². The zero-order valence-corrected chi connectivity index (χ0v) is 63.2. The maximum Gasteiger partial charge on any atom is 0.472 e. The molecule has 0 amide bonds. The first-order valence-electron chi connectivity index (χ1n) is 38.8. The lowest BCUT2D eigenvalue weighted by Gasteiger charge is -2.21. The highest BCUT2D eigenvalue weighted by Crippen LogP contribution is 2.45. The molecule has 0 aliphatic rings. The number of rotatable bonds is 73. The Morgan fingerprint density at radius 3 is 0.723 bits per heavy atom. The second-order valence-corrected chi connectivity index (χ2v) is 31.4. The molecule has 5 atom stereocenters. The number of aliphatic hydroxyl groups excluding tert-OH is 1. The topological polar surface area (TPSA) is 237 Å². The second kappa shape index (κ2) is 65.7. The van der Waals surface area contributed by atoms with Crippen LogP contribution in [0.15, 0.2) is 0 Å². The van der Waals surface area contributed by atoms with Gasteiger partial charge < -0.3 is 33.8 Å². The van der Waals surface area contributed by atoms with E-state index in [1.807, 2.05) is 0 Å². The van der Waals surface area contributed by atoms with Crippen LogP contribution in [0.4, 0.5) is 0 Å². The number of hydrogen-bond acceptors (Lipinski definition) is 15. The summed E-state index contributed by atoms with van der Waals surface area (Å²) in [5.41, 5.74) is 0. The molecule has 2 unspecified atom stereocenters. The van der Waals surface area contributed by atoms with Gasteiger partial charge in [0, 0.05) is 25.7 Å². The minimum atomic E-state index is -4.96. The van der Waals surface area contributed by atoms with E-state index in [9.17, 15) is 43.2 Å². The fraction of sp³-hybridized carbons (Fsp3) is 0.947. The number of unbranched alkanes of at least 4 members (excludes halogenated alkanes) is 41. The van der Waals surface area contributed by atoms with Gasteiger partial charge in [-0.05, 0) is 43.4 Å². The monoisotopic (exact) mass is 1380 g/mol. The summed E-state index contributed by atoms with van der Waals surface area (Å²) in [6.45, 7) is 11.8. The first kappa shape index (κ1) is 92.1. The minimum absolute atomic E-state index is 0.102. The van der Waals surface area contributed by atoms with E-state index in [1.165, 1.54) is 186 Å². The van der Waals surface area contributed by atoms with Crippen molar-refractivity contribution >= 4 is 39.5 Å². The molecule has 0 radical (unpaired) electrons. The molecular weight excluding hydrogens is 1230 g/mol. The Hall–Kier alpha value is -1.94. The van der Waals surface area contributed by atoms with Gasteiger partial charge in [0.05, 0.1) is 26.4 Å². The third-order valence-corrected chi connectivity index (χ3v) is 19.3. The van der Waals surface area contributed by atoms with Crippen LogP contribution >= 0.6 is 15.6 Å². The third-order valence-electron chi connectivity index (χ3n) is 17.4. The van der Waals surface area contributed by atoms with Gasteiger partial charge in [-0.2, -0.15) is 0 Å². The average molecular weight is 1380 g/mol. The maximum atomic E-state index is 13.1. The standard InChI is InChI=1S/C75H146O17P2/c1-8-9-10-11-12-34-42-49-56-72(77)85-63-71(92-75(80)59-52-45-38-37-41-48-55-68(6)7)65-90-94(83,84)88-61-69(76)60-87-93(81,82)89-64-70(62-86-73(78)57-50-43-35-30-26-23-19-21-25-29-33-40-47-54-67(4)5)91-74(79)58-51-44-36-31-27-22-18-16-14-13-15-17-20-24-28-32-39-46-53-66(2)3/h66-71,76H,8-65H2,1-7H3,(H,81,82)(H,83,84)/t69-,70-,71-/m1/s1. The van der Waals surface area contributed by atoms with Crippen LogP contribution in [-0.4, -0.2) is 96.7 Å². The van der Waals surface area contributed by atoms with Crippen LogP contribution in [0, 0.1) is 17.8 Å². The minimum Gasteiger partial charge on any atom is -0.462 e. The number of phosphoric ester groups is 2. The average Bonchev–Trinajstić information content (AvgIpc) is 2.38. The van der Waals surface area contributed by atoms with Crippen molar-refractivity contribution in [2.75, 3.05) is 39.6 Å². The lowest BCUT2D eigenvalue weighted by Crippen LogP contribution is -2.30. The predicted octanol–water partition coefficient (Wildman–Crippen LogP) is 21.8. The number of phosphoric acid groups is 2. The molecule has 0 rings (SSSR count). The molecule has 0 aromatic heterocycles. The molecular formula is C75H146O17P2. The Morgan fingerprint density at radius 1 is 0.287 bits per heavy atom. The molecule has 17 nitrogen and oxygen atoms in total. The first-order valence-corrected chi connectivity index (χ1v) is 41.8. The summed E-state index contributed by atoms with van der Waals surface area (Å²) in [5.74, 6) is 0.154. The summed E-state index contributed by atoms with van der Waals surface area (Å²) in [6, 6.07) is 0. The number of ether oxygens (including phenoxy) is 4. The Balaban J connectivity index is 5.16. The van der Waals surface area contributed by atoms with Crippen LogP contribution in [0.25, 0.3) is 0 Å². The molecule has 0 saturated carbocycles. The van der Waals surface area contributed by atoms with Gasteiger partial charge in [-0.1, -0.05) is 331 Å². The molecule has 19 heteroatoms. The van der Waals surface area contributed by atoms with Crippen LogP contribution in [0.5, 0.6) is 0 Å². The summed E-state index contributed by atoms with van der Waals surface area (Å²) in [4.78, 5) is 72.6. The molecule has 0 aromatic carbocycles. The van der Waals surface area contributed by atoms with E-state index >= 15 is 0 Å². The molecule has 0 saturated heterocycles. The number of esters is 4. The highest BCUT2D eigenvalue weighted by atomic mass is 31.2. The first-order chi connectivity index (χ1) is 45.2. The van der Waals surface area contributed by atoms with Crippen molar-refractivity contribution in [1.82, 2.24) is 0 Å². The number of aliphatic hydroxyl groups is 1. The van der Waals surface area contributed by atoms with E-state index < -0.39 is 97.5 Å². The van der Waals surface area contributed by atoms with Crippen molar-refractivity contribution < 1.29 is 80.2 Å². The van der Waals surface area contributed by atoms with E-state index in [0.29, 0.717) is 31.6 Å². The van der Waals surface area contributed by atoms with Gasteiger partial charge in [0.1, 0.15) is 19.3 Å². The van der Waals surface area contributed by atoms with E-state index in [-0.39, 0.29) is 25.7 Å². The summed E-state index contributed by atoms with van der Waals surface area (Å²) in [5, 5.41) is 10.6. The fourth-order valence-corrected chi connectivity index (χ4v) is 13.0. The van der Waals surface area contributed by atoms with E-state index in [1.54, 1.807) is 0 Å². The molecule has 3 N–H and O–H groups in total. The van der Waals surface area contributed by atoms with Gasteiger partial charge in [0.15, 0.2) is 12.2 Å². The van der Waals surface area contributed by atoms with Crippen molar-refractivity contribution in [2.45, 2.75) is 401 Å². The highest BCUT2D eigenvalue weighted by molar-refractivity contribution is 7.47. The molecule has 0 heterocycles. The number of hydrogen-bond donors (Lipinski definition) is 3. The summed E-state index contributed by atoms with van der Waals surface area (Å²) < 4.78 is 68.3. The van der Waals surface area contributed by atoms with Crippen LogP contribution < -0.4 is 0 Å². The summed E-state index contributed by atoms with van der Waals surface area (Å²) in [7, 11) is -9.90. The zero-order chi connectivity index (χ0) is 69.4. The van der Waals surface area contributed by atoms with E-state index in [0.717, 1.165) is 108 Å². The Kier molecular flexibility index (Phi) is 64.3. The third kappa shape index (κ3) is 68.6. The molecule has 0 fully saturated rings. The van der Waals surface area contributed by atoms with Gasteiger partial charge >= 0.3 is 39.5 Å². The van der Waals surface area contributed by atoms with Crippen molar-refractivity contribution in [2.24, 2.45) is 17.8 Å². The zero-order valence-electron chi connectivity index (χ0n) is 61.4. The molecule has 0 bridgehead atoms. The Morgan fingerprint density at radius 2 is 0.489 bits per heavy atom. The van der Waals surface area contributed by atoms with Crippen LogP contribution in [0.2, 0.25) is 0 Å². The van der Waals surface area contributed by atoms with Crippen molar-refractivity contribution in [3.8, 4) is 0 Å². The Labute approximate surface area is 575 Å². The number of carbonyl (C=O) groups excluding carboxylic acids is 4. The lowest BCUT2D eigenvalue weighted by molar-refractivity contribution is -0.161. The molecule has 0 spiro atoms. The normalized spacial score (nSPS) is 14.1. The van der Waals surface area contributed by atoms with Gasteiger partial charge in [-0.15, -0.1) is 0 Å². The molecule has 94 heavy (non-hydrogen) atoms. The van der Waals surface area contributed by atoms with Gasteiger partial charge in [0.2, 0.25) is 0 Å². The van der Waals surface area contributed by atoms with Crippen LogP contribution in [-0.2, 0) is 65.4 Å². The smallest absolute Gasteiger partial charge is 0.462 e. The predicted molar refractivity (Wildman–Crippen MR) is 381 cm³/mol. The fourth-order valence-electron chi connectivity index (χ4n) is 11.4. The van der Waals surface area contributed by atoms with Crippen molar-refractivity contribution in [1.29, 1.82) is 0 Å². The molecule has 558 valence electrons. The van der Waals surface area contributed by atoms with Gasteiger partial charge in [0.25, 0.3) is 0 Å². The molecule has 0 aromatic rings. The van der Waals surface area contributed by atoms with Crippen molar-refractivity contribution in [3.63, 3.8) is 0 Å². The number of carbonyl (C=O) groups is 4. The second-order valence-electron chi connectivity index (χ2n) is 28.5. The van der Waals surface area contributed by atoms with Crippen LogP contribution in [0.3, 0.4) is 0 Å². The van der Waals surface area contributed by atoms with Gasteiger partial charge in [-0.3, -0.25) is 37.3 Å². The molecule has 0 aliphatic heterocycles. The lowest BCUT2D eigenvalue weighted by atomic mass is 10.0. The highest BCUT2D eigenvalue weighted by Gasteiger charge is 2.30. The van der Waals surface area contributed by atoms with Crippen molar-refractivity contribution in [3.05, 3.63) is 0 Å². The quantitative estimate of drug-likeness (QED) is 0.0222.